The van der Waals surface area contributed by atoms with E-state index >= 15 is 0 Å². The Labute approximate surface area is 275 Å². The Kier molecular flexibility index (Phi) is 28.6. The van der Waals surface area contributed by atoms with Crippen LogP contribution in [-0.2, 0) is 61.8 Å². The molecule has 0 spiro atoms. The molecule has 0 fully saturated rings. The van der Waals surface area contributed by atoms with Gasteiger partial charge in [-0.3, -0.25) is 19.3 Å². The second-order valence-electron chi connectivity index (χ2n) is 9.36. The Morgan fingerprint density at radius 3 is 1.00 bits per heavy atom. The number of nitrogens with zero attached hydrogens (tertiary/aromatic N) is 1. The van der Waals surface area contributed by atoms with E-state index < -0.39 is 23.8 Å². The van der Waals surface area contributed by atoms with Gasteiger partial charge in [0.2, 0.25) is 5.91 Å². The molecule has 0 aromatic carbocycles. The Bertz CT molecular complexity index is 834. The molecule has 0 saturated carbocycles. The van der Waals surface area contributed by atoms with E-state index in [9.17, 15) is 19.2 Å². The minimum absolute atomic E-state index is 0.262. The number of hydrogen-bond acceptors (Lipinski definition) is 14. The molecule has 1 heterocycles. The van der Waals surface area contributed by atoms with Crippen molar-refractivity contribution >= 4 is 23.8 Å². The van der Waals surface area contributed by atoms with Gasteiger partial charge in [0.15, 0.2) is 0 Å². The fourth-order valence-corrected chi connectivity index (χ4v) is 3.38. The lowest BCUT2D eigenvalue weighted by Gasteiger charge is -2.13. The predicted molar refractivity (Wildman–Crippen MR) is 165 cm³/mol. The van der Waals surface area contributed by atoms with Crippen molar-refractivity contribution in [1.82, 2.24) is 15.5 Å². The summed E-state index contributed by atoms with van der Waals surface area (Å²) in [5, 5.41) is 5.01. The van der Waals surface area contributed by atoms with Gasteiger partial charge in [-0.15, -0.1) is 0 Å². The van der Waals surface area contributed by atoms with E-state index in [4.69, 9.17) is 53.1 Å². The molecule has 0 radical (unpaired) electrons. The molecule has 18 heteroatoms. The van der Waals surface area contributed by atoms with Gasteiger partial charge in [0.05, 0.1) is 132 Å². The van der Waals surface area contributed by atoms with Gasteiger partial charge in [-0.05, 0) is 0 Å². The van der Waals surface area contributed by atoms with Crippen molar-refractivity contribution < 1.29 is 66.5 Å². The maximum absolute atomic E-state index is 11.8. The highest BCUT2D eigenvalue weighted by atomic mass is 16.6. The minimum Gasteiger partial charge on any atom is -0.377 e. The molecule has 0 atom stereocenters. The number of hydrogen-bond donors (Lipinski definition) is 3. The van der Waals surface area contributed by atoms with E-state index in [1.807, 2.05) is 0 Å². The van der Waals surface area contributed by atoms with Crippen LogP contribution in [0.25, 0.3) is 0 Å². The maximum Gasteiger partial charge on any atom is 0.312 e. The van der Waals surface area contributed by atoms with E-state index in [0.29, 0.717) is 132 Å². The topological polar surface area (TPSA) is 214 Å². The van der Waals surface area contributed by atoms with Crippen molar-refractivity contribution in [3.05, 3.63) is 12.2 Å². The zero-order chi connectivity index (χ0) is 34.0. The summed E-state index contributed by atoms with van der Waals surface area (Å²) in [5.74, 6) is -1.42. The second kappa shape index (κ2) is 31.8. The fraction of sp³-hybridized carbons (Fsp3) is 0.793. The highest BCUT2D eigenvalue weighted by molar-refractivity contribution is 6.14. The fourth-order valence-electron chi connectivity index (χ4n) is 3.38. The van der Waals surface area contributed by atoms with Gasteiger partial charge >= 0.3 is 6.03 Å². The van der Waals surface area contributed by atoms with Crippen LogP contribution in [0.3, 0.4) is 0 Å². The molecule has 1 aliphatic rings. The van der Waals surface area contributed by atoms with Gasteiger partial charge in [-0.1, -0.05) is 0 Å². The average Bonchev–Trinajstić information content (AvgIpc) is 3.36. The third-order valence-corrected chi connectivity index (χ3v) is 5.66. The third-order valence-electron chi connectivity index (χ3n) is 5.66. The molecule has 0 aliphatic carbocycles. The van der Waals surface area contributed by atoms with E-state index in [0.717, 1.165) is 17.1 Å². The molecule has 1 aliphatic heterocycles. The molecular formula is C29H52N4O14. The van der Waals surface area contributed by atoms with Crippen LogP contribution in [0, 0.1) is 0 Å². The molecule has 0 saturated heterocycles. The molecule has 0 aromatic rings. The van der Waals surface area contributed by atoms with Gasteiger partial charge in [0.1, 0.15) is 6.54 Å². The van der Waals surface area contributed by atoms with Gasteiger partial charge in [0, 0.05) is 25.2 Å². The number of rotatable bonds is 35. The quantitative estimate of drug-likeness (QED) is 0.0482. The summed E-state index contributed by atoms with van der Waals surface area (Å²) < 4.78 is 54.0. The van der Waals surface area contributed by atoms with Gasteiger partial charge < -0.3 is 63.7 Å². The normalized spacial score (nSPS) is 12.7. The number of nitrogens with one attached hydrogen (secondary N) is 2. The van der Waals surface area contributed by atoms with Crippen LogP contribution in [-0.4, -0.2) is 180 Å². The molecule has 4 N–H and O–H groups in total. The number of nitrogens with two attached hydrogens (primary N) is 1. The number of amides is 5. The Morgan fingerprint density at radius 1 is 0.468 bits per heavy atom. The summed E-state index contributed by atoms with van der Waals surface area (Å²) in [4.78, 5) is 45.9. The van der Waals surface area contributed by atoms with E-state index in [1.165, 1.54) is 0 Å². The molecule has 47 heavy (non-hydrogen) atoms. The molecule has 1 rings (SSSR count). The lowest BCUT2D eigenvalue weighted by Crippen LogP contribution is -2.41. The Hall–Kier alpha value is -2.78. The number of carbonyl (C=O) groups is 4. The van der Waals surface area contributed by atoms with Gasteiger partial charge in [-0.2, -0.15) is 0 Å². The van der Waals surface area contributed by atoms with Crippen molar-refractivity contribution in [3.63, 3.8) is 0 Å². The van der Waals surface area contributed by atoms with Crippen molar-refractivity contribution in [2.75, 3.05) is 152 Å². The van der Waals surface area contributed by atoms with Gasteiger partial charge in [0.25, 0.3) is 11.8 Å². The van der Waals surface area contributed by atoms with Gasteiger partial charge in [-0.25, -0.2) is 4.79 Å². The third kappa shape index (κ3) is 28.0. The summed E-state index contributed by atoms with van der Waals surface area (Å²) in [6, 6.07) is -0.570. The highest BCUT2D eigenvalue weighted by Crippen LogP contribution is 2.02. The number of ether oxygens (including phenoxy) is 10. The Morgan fingerprint density at radius 2 is 0.723 bits per heavy atom. The van der Waals surface area contributed by atoms with Crippen molar-refractivity contribution in [3.8, 4) is 0 Å². The first kappa shape index (κ1) is 42.2. The lowest BCUT2D eigenvalue weighted by atomic mass is 10.4. The van der Waals surface area contributed by atoms with E-state index in [2.05, 4.69) is 10.6 Å². The standard InChI is InChI=1S/C29H52N4O14/c30-29(37)32-4-6-39-8-10-41-12-14-43-16-18-45-20-22-47-24-23-46-21-19-44-17-15-42-13-11-40-9-7-38-5-3-31-26(34)25-33-27(35)1-2-28(33)36/h1-2H,3-25H2,(H,31,34)(H3,30,32,37). The molecule has 272 valence electrons. The number of imide groups is 1. The number of urea groups is 1. The van der Waals surface area contributed by atoms with Crippen LogP contribution in [0.5, 0.6) is 0 Å². The van der Waals surface area contributed by atoms with Crippen LogP contribution >= 0.6 is 0 Å². The van der Waals surface area contributed by atoms with E-state index in [1.54, 1.807) is 0 Å². The summed E-state index contributed by atoms with van der Waals surface area (Å²) in [7, 11) is 0. The van der Waals surface area contributed by atoms with Crippen LogP contribution in [0.4, 0.5) is 4.79 Å². The molecule has 0 bridgehead atoms. The second-order valence-corrected chi connectivity index (χ2v) is 9.36. The lowest BCUT2D eigenvalue weighted by molar-refractivity contribution is -0.141. The monoisotopic (exact) mass is 680 g/mol. The largest absolute Gasteiger partial charge is 0.377 e. The van der Waals surface area contributed by atoms with Crippen LogP contribution in [0.2, 0.25) is 0 Å². The molecule has 0 unspecified atom stereocenters. The summed E-state index contributed by atoms with van der Waals surface area (Å²) in [6.45, 7) is 9.04. The summed E-state index contributed by atoms with van der Waals surface area (Å²) in [5.41, 5.74) is 4.94. The molecule has 18 nitrogen and oxygen atoms in total. The van der Waals surface area contributed by atoms with Crippen molar-refractivity contribution in [2.24, 2.45) is 5.73 Å². The molecular weight excluding hydrogens is 628 g/mol. The van der Waals surface area contributed by atoms with Crippen LogP contribution in [0.1, 0.15) is 0 Å². The first-order valence-corrected chi connectivity index (χ1v) is 15.6. The average molecular weight is 681 g/mol. The van der Waals surface area contributed by atoms with E-state index in [-0.39, 0.29) is 19.7 Å². The minimum atomic E-state index is -0.570. The Balaban J connectivity index is 1.65. The zero-order valence-corrected chi connectivity index (χ0v) is 27.2. The molecule has 0 aromatic heterocycles. The van der Waals surface area contributed by atoms with Crippen LogP contribution in [0.15, 0.2) is 12.2 Å². The molecule has 5 amide bonds. The smallest absolute Gasteiger partial charge is 0.312 e. The zero-order valence-electron chi connectivity index (χ0n) is 27.2. The first-order chi connectivity index (χ1) is 23.0. The first-order valence-electron chi connectivity index (χ1n) is 15.6. The summed E-state index contributed by atoms with van der Waals surface area (Å²) in [6.07, 6.45) is 2.27. The number of carbonyl (C=O) groups excluding carboxylic acids is 4. The predicted octanol–water partition coefficient (Wildman–Crippen LogP) is -2.14. The SMILES string of the molecule is NC(=O)NCCOCCOCCOCCOCCOCCOCCOCCOCCOCCOCCNC(=O)CN1C(=O)C=CC1=O. The highest BCUT2D eigenvalue weighted by Gasteiger charge is 2.25. The number of primary amides is 1. The summed E-state index contributed by atoms with van der Waals surface area (Å²) >= 11 is 0. The van der Waals surface area contributed by atoms with Crippen molar-refractivity contribution in [2.45, 2.75) is 0 Å². The van der Waals surface area contributed by atoms with Crippen molar-refractivity contribution in [1.29, 1.82) is 0 Å². The maximum atomic E-state index is 11.8. The van der Waals surface area contributed by atoms with Crippen LogP contribution < -0.4 is 16.4 Å².